The number of amides is 1. The van der Waals surface area contributed by atoms with Crippen molar-refractivity contribution in [2.75, 3.05) is 19.8 Å². The van der Waals surface area contributed by atoms with Crippen molar-refractivity contribution < 1.29 is 28.4 Å². The molecule has 0 heterocycles. The number of hydrogen-bond acceptors (Lipinski definition) is 6. The first-order valence-corrected chi connectivity index (χ1v) is 27.6. The van der Waals surface area contributed by atoms with Crippen LogP contribution in [0.1, 0.15) is 232 Å². The zero-order valence-electron chi connectivity index (χ0n) is 40.8. The van der Waals surface area contributed by atoms with Gasteiger partial charge in [-0.1, -0.05) is 215 Å². The first kappa shape index (κ1) is 60.9. The minimum Gasteiger partial charge on any atom is -0.387 e. The molecule has 0 spiro atoms. The topological polar surface area (TPSA) is 131 Å². The molecule has 0 saturated carbocycles. The zero-order chi connectivity index (χ0) is 46.0. The average molecular weight is 903 g/mol. The molecule has 0 aliphatic carbocycles. The van der Waals surface area contributed by atoms with Crippen LogP contribution in [0.2, 0.25) is 0 Å². The fourth-order valence-electron chi connectivity index (χ4n) is 7.29. The monoisotopic (exact) mass is 903 g/mol. The van der Waals surface area contributed by atoms with Crippen LogP contribution in [0.4, 0.5) is 0 Å². The van der Waals surface area contributed by atoms with E-state index in [0.717, 1.165) is 70.6 Å². The SMILES string of the molecule is CCCCCCC/C=C\C/C=C\C/C=C\CCCCCCCCCCC(=O)NC(COP(=O)(O)OCCN)C(O)/C=C/CC/C=C/CC/C=C/CCCCCCCCCCCCC. The lowest BCUT2D eigenvalue weighted by Crippen LogP contribution is -2.45. The largest absolute Gasteiger partial charge is 0.472 e. The number of carbonyl (C=O) groups excluding carboxylic acids is 1. The Labute approximate surface area is 388 Å². The van der Waals surface area contributed by atoms with E-state index < -0.39 is 20.0 Å². The van der Waals surface area contributed by atoms with Crippen LogP contribution in [0.3, 0.4) is 0 Å². The summed E-state index contributed by atoms with van der Waals surface area (Å²) in [5.74, 6) is -0.216. The lowest BCUT2D eigenvalue weighted by Gasteiger charge is -2.23. The van der Waals surface area contributed by atoms with Crippen molar-refractivity contribution in [3.8, 4) is 0 Å². The summed E-state index contributed by atoms with van der Waals surface area (Å²) in [6.07, 6.45) is 65.4. The molecule has 3 unspecified atom stereocenters. The van der Waals surface area contributed by atoms with Crippen molar-refractivity contribution >= 4 is 13.7 Å². The highest BCUT2D eigenvalue weighted by atomic mass is 31.2. The van der Waals surface area contributed by atoms with Crippen LogP contribution < -0.4 is 11.1 Å². The molecule has 0 aromatic heterocycles. The summed E-state index contributed by atoms with van der Waals surface area (Å²) in [4.78, 5) is 22.8. The van der Waals surface area contributed by atoms with Crippen molar-refractivity contribution in [1.29, 1.82) is 0 Å². The van der Waals surface area contributed by atoms with Crippen LogP contribution in [0.15, 0.2) is 72.9 Å². The molecule has 0 aliphatic rings. The van der Waals surface area contributed by atoms with E-state index in [1.807, 2.05) is 6.08 Å². The zero-order valence-corrected chi connectivity index (χ0v) is 41.7. The molecule has 0 bridgehead atoms. The average Bonchev–Trinajstić information content (AvgIpc) is 3.27. The van der Waals surface area contributed by atoms with Crippen LogP contribution in [0.5, 0.6) is 0 Å². The van der Waals surface area contributed by atoms with Crippen LogP contribution in [-0.2, 0) is 18.4 Å². The molecule has 0 aromatic carbocycles. The highest BCUT2D eigenvalue weighted by Gasteiger charge is 2.26. The number of nitrogens with two attached hydrogens (primary N) is 1. The summed E-state index contributed by atoms with van der Waals surface area (Å²) in [6.45, 7) is 4.10. The molecule has 1 amide bonds. The van der Waals surface area contributed by atoms with Gasteiger partial charge in [0.2, 0.25) is 5.91 Å². The normalized spacial score (nSPS) is 14.4. The standard InChI is InChI=1S/C54H99N2O6P/c1-3-5-7-9-11-13-15-17-19-21-23-25-26-28-30-32-34-36-38-40-42-44-46-48-54(58)56-52(51-62-63(59,60)61-50-49-55)53(57)47-45-43-41-39-37-35-33-31-29-27-24-22-20-18-16-14-12-10-8-6-4-2/h15,17,21,23,26,28-29,31,37,39,45,47,52-53,57H,3-14,16,18-20,22,24-25,27,30,32-36,38,40-44,46,48-51,55H2,1-2H3,(H,56,58)(H,59,60)/b17-15-,23-21-,28-26-,31-29+,39-37+,47-45+. The second kappa shape index (κ2) is 49.4. The van der Waals surface area contributed by atoms with Gasteiger partial charge in [0.05, 0.1) is 25.4 Å². The van der Waals surface area contributed by atoms with Crippen molar-refractivity contribution in [2.24, 2.45) is 5.73 Å². The molecule has 366 valence electrons. The molecule has 3 atom stereocenters. The second-order valence-electron chi connectivity index (χ2n) is 17.4. The van der Waals surface area contributed by atoms with Gasteiger partial charge in [0.1, 0.15) is 0 Å². The summed E-state index contributed by atoms with van der Waals surface area (Å²) in [5, 5.41) is 13.7. The maximum absolute atomic E-state index is 12.8. The highest BCUT2D eigenvalue weighted by molar-refractivity contribution is 7.47. The molecular weight excluding hydrogens is 804 g/mol. The third-order valence-electron chi connectivity index (χ3n) is 11.2. The molecule has 8 nitrogen and oxygen atoms in total. The lowest BCUT2D eigenvalue weighted by molar-refractivity contribution is -0.123. The molecule has 0 rings (SSSR count). The number of hydrogen-bond donors (Lipinski definition) is 4. The number of allylic oxidation sites excluding steroid dienone is 11. The summed E-state index contributed by atoms with van der Waals surface area (Å²) in [7, 11) is -4.36. The molecular formula is C54H99N2O6P. The van der Waals surface area contributed by atoms with E-state index in [0.29, 0.717) is 6.42 Å². The van der Waals surface area contributed by atoms with Gasteiger partial charge < -0.3 is 21.1 Å². The number of aliphatic hydroxyl groups excluding tert-OH is 1. The molecule has 9 heteroatoms. The summed E-state index contributed by atoms with van der Waals surface area (Å²) in [6, 6.07) is -0.892. The van der Waals surface area contributed by atoms with Crippen LogP contribution in [0.25, 0.3) is 0 Å². The van der Waals surface area contributed by atoms with Crippen molar-refractivity contribution in [1.82, 2.24) is 5.32 Å². The molecule has 0 saturated heterocycles. The van der Waals surface area contributed by atoms with E-state index in [2.05, 4.69) is 79.9 Å². The minimum atomic E-state index is -4.36. The van der Waals surface area contributed by atoms with Gasteiger partial charge in [-0.25, -0.2) is 4.57 Å². The molecule has 0 fully saturated rings. The van der Waals surface area contributed by atoms with Gasteiger partial charge in [-0.05, 0) is 83.5 Å². The Hall–Kier alpha value is -2.06. The predicted octanol–water partition coefficient (Wildman–Crippen LogP) is 15.6. The number of phosphoric ester groups is 1. The predicted molar refractivity (Wildman–Crippen MR) is 272 cm³/mol. The van der Waals surface area contributed by atoms with Gasteiger partial charge in [-0.15, -0.1) is 0 Å². The third-order valence-corrected chi connectivity index (χ3v) is 12.2. The number of aliphatic hydroxyl groups is 1. The lowest BCUT2D eigenvalue weighted by atomic mass is 10.1. The summed E-state index contributed by atoms with van der Waals surface area (Å²) >= 11 is 0. The van der Waals surface area contributed by atoms with E-state index in [1.165, 1.54) is 141 Å². The number of nitrogens with one attached hydrogen (secondary N) is 1. The Morgan fingerprint density at radius 1 is 0.524 bits per heavy atom. The van der Waals surface area contributed by atoms with Gasteiger partial charge in [0.15, 0.2) is 0 Å². The first-order chi connectivity index (χ1) is 30.9. The van der Waals surface area contributed by atoms with Crippen molar-refractivity contribution in [2.45, 2.75) is 244 Å². The smallest absolute Gasteiger partial charge is 0.387 e. The van der Waals surface area contributed by atoms with Crippen molar-refractivity contribution in [3.05, 3.63) is 72.9 Å². The fraction of sp³-hybridized carbons (Fsp3) is 0.759. The van der Waals surface area contributed by atoms with E-state index in [1.54, 1.807) is 6.08 Å². The number of phosphoric acid groups is 1. The van der Waals surface area contributed by atoms with E-state index >= 15 is 0 Å². The number of rotatable bonds is 48. The maximum Gasteiger partial charge on any atom is 0.472 e. The summed E-state index contributed by atoms with van der Waals surface area (Å²) < 4.78 is 22.2. The van der Waals surface area contributed by atoms with Crippen molar-refractivity contribution in [3.63, 3.8) is 0 Å². The summed E-state index contributed by atoms with van der Waals surface area (Å²) in [5.41, 5.74) is 5.39. The van der Waals surface area contributed by atoms with Gasteiger partial charge >= 0.3 is 7.82 Å². The Bertz CT molecular complexity index is 1210. The quantitative estimate of drug-likeness (QED) is 0.0272. The Balaban J connectivity index is 4.20. The maximum atomic E-state index is 12.8. The molecule has 63 heavy (non-hydrogen) atoms. The van der Waals surface area contributed by atoms with Crippen LogP contribution >= 0.6 is 7.82 Å². The van der Waals surface area contributed by atoms with Gasteiger partial charge in [0.25, 0.3) is 0 Å². The third kappa shape index (κ3) is 47.7. The minimum absolute atomic E-state index is 0.0674. The van der Waals surface area contributed by atoms with E-state index in [-0.39, 0.29) is 25.7 Å². The molecule has 5 N–H and O–H groups in total. The van der Waals surface area contributed by atoms with E-state index in [9.17, 15) is 19.4 Å². The highest BCUT2D eigenvalue weighted by Crippen LogP contribution is 2.43. The van der Waals surface area contributed by atoms with Gasteiger partial charge in [0, 0.05) is 13.0 Å². The Kier molecular flexibility index (Phi) is 47.8. The van der Waals surface area contributed by atoms with Gasteiger partial charge in [-0.2, -0.15) is 0 Å². The number of unbranched alkanes of at least 4 members (excludes halogenated alkanes) is 26. The van der Waals surface area contributed by atoms with Gasteiger partial charge in [-0.3, -0.25) is 13.8 Å². The molecule has 0 radical (unpaired) electrons. The van der Waals surface area contributed by atoms with E-state index in [4.69, 9.17) is 14.8 Å². The Morgan fingerprint density at radius 2 is 0.889 bits per heavy atom. The van der Waals surface area contributed by atoms with Crippen LogP contribution in [0, 0.1) is 0 Å². The molecule has 0 aromatic rings. The fourth-order valence-corrected chi connectivity index (χ4v) is 8.05. The van der Waals surface area contributed by atoms with Crippen LogP contribution in [-0.4, -0.2) is 47.8 Å². The Morgan fingerprint density at radius 3 is 1.33 bits per heavy atom. The second-order valence-corrected chi connectivity index (χ2v) is 18.8. The first-order valence-electron chi connectivity index (χ1n) is 26.1. The number of carbonyl (C=O) groups is 1. The molecule has 0 aliphatic heterocycles.